The Labute approximate surface area is 147 Å². The number of carbonyl (C=O) groups excluding carboxylic acids is 1. The zero-order valence-corrected chi connectivity index (χ0v) is 16.2. The van der Waals surface area contributed by atoms with Crippen LogP contribution in [0.1, 0.15) is 40.5 Å². The maximum absolute atomic E-state index is 11.7. The maximum atomic E-state index is 11.7. The average Bonchev–Trinajstić information content (AvgIpc) is 2.59. The Balaban J connectivity index is 2.68. The molecule has 0 aliphatic carbocycles. The monoisotopic (exact) mass is 340 g/mol. The van der Waals surface area contributed by atoms with Gasteiger partial charge in [-0.05, 0) is 21.8 Å². The summed E-state index contributed by atoms with van der Waals surface area (Å²) in [6.07, 6.45) is 2.31. The molecule has 0 spiro atoms. The number of benzene rings is 2. The summed E-state index contributed by atoms with van der Waals surface area (Å²) in [5.41, 5.74) is 0. The summed E-state index contributed by atoms with van der Waals surface area (Å²) in [5, 5.41) is 2.34. The maximum Gasteiger partial charge on any atom is 0.262 e. The lowest BCUT2D eigenvalue weighted by Gasteiger charge is -2.44. The van der Waals surface area contributed by atoms with Crippen LogP contribution in [-0.4, -0.2) is 20.7 Å². The molecule has 0 bridgehead atoms. The van der Waals surface area contributed by atoms with Crippen molar-refractivity contribution in [2.24, 2.45) is 0 Å². The van der Waals surface area contributed by atoms with Crippen LogP contribution >= 0.6 is 0 Å². The lowest BCUT2D eigenvalue weighted by molar-refractivity contribution is -0.114. The third-order valence-corrected chi connectivity index (χ3v) is 9.53. The van der Waals surface area contributed by atoms with Gasteiger partial charge in [0.2, 0.25) is 0 Å². The fourth-order valence-corrected chi connectivity index (χ4v) is 8.00. The fraction of sp³-hybridized carbons (Fsp3) is 0.381. The average molecular weight is 341 g/mol. The van der Waals surface area contributed by atoms with E-state index in [9.17, 15) is 4.79 Å². The van der Waals surface area contributed by atoms with Gasteiger partial charge in [0.05, 0.1) is 0 Å². The van der Waals surface area contributed by atoms with Crippen LogP contribution in [0.25, 0.3) is 0 Å². The summed E-state index contributed by atoms with van der Waals surface area (Å²) in [7, 11) is -2.60. The fourth-order valence-electron chi connectivity index (χ4n) is 3.36. The minimum Gasteiger partial charge on any atom is -0.398 e. The molecule has 128 valence electrons. The van der Waals surface area contributed by atoms with E-state index in [4.69, 9.17) is 4.43 Å². The van der Waals surface area contributed by atoms with Gasteiger partial charge in [0, 0.05) is 0 Å². The second kappa shape index (κ2) is 7.91. The predicted molar refractivity (Wildman–Crippen MR) is 103 cm³/mol. The van der Waals surface area contributed by atoms with Gasteiger partial charge >= 0.3 is 0 Å². The minimum absolute atomic E-state index is 0.0926. The van der Waals surface area contributed by atoms with Gasteiger partial charge in [-0.1, -0.05) is 94.8 Å². The van der Waals surface area contributed by atoms with Crippen molar-refractivity contribution in [2.45, 2.75) is 51.7 Å². The Bertz CT molecular complexity index is 592. The third-order valence-electron chi connectivity index (χ3n) is 4.47. The highest BCUT2D eigenvalue weighted by Gasteiger charge is 2.51. The molecule has 24 heavy (non-hydrogen) atoms. The quantitative estimate of drug-likeness (QED) is 0.564. The molecule has 0 N–H and O–H groups in total. The third kappa shape index (κ3) is 3.68. The van der Waals surface area contributed by atoms with Crippen molar-refractivity contribution < 1.29 is 9.22 Å². The van der Waals surface area contributed by atoms with Crippen LogP contribution in [0.4, 0.5) is 0 Å². The lowest BCUT2D eigenvalue weighted by Crippen LogP contribution is -2.67. The first kappa shape index (κ1) is 18.6. The number of hydrogen-bond acceptors (Lipinski definition) is 2. The van der Waals surface area contributed by atoms with Crippen molar-refractivity contribution in [1.82, 2.24) is 0 Å². The van der Waals surface area contributed by atoms with Crippen LogP contribution in [0.5, 0.6) is 0 Å². The highest BCUT2D eigenvalue weighted by atomic mass is 28.4. The molecule has 1 atom stereocenters. The molecule has 0 unspecified atom stereocenters. The first-order valence-corrected chi connectivity index (χ1v) is 10.6. The van der Waals surface area contributed by atoms with E-state index in [1.807, 2.05) is 12.1 Å². The van der Waals surface area contributed by atoms with Crippen LogP contribution < -0.4 is 10.4 Å². The van der Waals surface area contributed by atoms with Crippen molar-refractivity contribution in [3.05, 3.63) is 60.7 Å². The predicted octanol–water partition coefficient (Wildman–Crippen LogP) is 3.93. The normalized spacial score (nSPS) is 13.5. The van der Waals surface area contributed by atoms with Gasteiger partial charge in [0.1, 0.15) is 12.4 Å². The molecule has 2 rings (SSSR count). The van der Waals surface area contributed by atoms with Crippen LogP contribution in [0.2, 0.25) is 5.04 Å². The van der Waals surface area contributed by atoms with E-state index in [-0.39, 0.29) is 11.1 Å². The smallest absolute Gasteiger partial charge is 0.262 e. The minimum atomic E-state index is -2.60. The van der Waals surface area contributed by atoms with Crippen molar-refractivity contribution >= 4 is 25.0 Å². The molecule has 3 heteroatoms. The van der Waals surface area contributed by atoms with Gasteiger partial charge in [0.15, 0.2) is 0 Å². The lowest BCUT2D eigenvalue weighted by atomic mass is 10.2. The molecule has 0 saturated carbocycles. The van der Waals surface area contributed by atoms with E-state index in [0.717, 1.165) is 19.1 Å². The van der Waals surface area contributed by atoms with E-state index < -0.39 is 8.32 Å². The highest BCUT2D eigenvalue weighted by Crippen LogP contribution is 2.37. The van der Waals surface area contributed by atoms with E-state index >= 15 is 0 Å². The molecular weight excluding hydrogens is 312 g/mol. The zero-order valence-electron chi connectivity index (χ0n) is 15.2. The van der Waals surface area contributed by atoms with Crippen LogP contribution in [0.3, 0.4) is 0 Å². The van der Waals surface area contributed by atoms with E-state index in [1.54, 1.807) is 0 Å². The van der Waals surface area contributed by atoms with Crippen molar-refractivity contribution in [1.29, 1.82) is 0 Å². The Kier molecular flexibility index (Phi) is 6.14. The number of hydrogen-bond donors (Lipinski definition) is 0. The van der Waals surface area contributed by atoms with Crippen LogP contribution in [0, 0.1) is 0 Å². The standard InChI is InChI=1S/C21H28O2Si/c1-5-12-18(17-22)23-24(21(2,3)4,19-13-8-6-9-14-19)20-15-10-7-11-16-20/h6-11,13-18H,5,12H2,1-4H3/t18-/m0/s1. The number of rotatable bonds is 7. The molecule has 0 heterocycles. The van der Waals surface area contributed by atoms with Crippen molar-refractivity contribution in [2.75, 3.05) is 0 Å². The molecule has 0 aliphatic heterocycles. The van der Waals surface area contributed by atoms with Gasteiger partial charge in [-0.25, -0.2) is 0 Å². The van der Waals surface area contributed by atoms with Crippen LogP contribution in [0.15, 0.2) is 60.7 Å². The SMILES string of the molecule is CCC[C@@H](C=O)O[Si](c1ccccc1)(c1ccccc1)C(C)(C)C. The largest absolute Gasteiger partial charge is 0.398 e. The number of carbonyl (C=O) groups is 1. The first-order chi connectivity index (χ1) is 11.5. The molecule has 2 nitrogen and oxygen atoms in total. The molecule has 0 radical (unpaired) electrons. The van der Waals surface area contributed by atoms with Gasteiger partial charge in [-0.2, -0.15) is 0 Å². The molecule has 0 aromatic heterocycles. The molecule has 0 aliphatic rings. The Hall–Kier alpha value is -1.71. The molecule has 2 aromatic rings. The number of aldehydes is 1. The van der Waals surface area contributed by atoms with E-state index in [0.29, 0.717) is 0 Å². The summed E-state index contributed by atoms with van der Waals surface area (Å²) in [6, 6.07) is 20.9. The van der Waals surface area contributed by atoms with Gasteiger partial charge in [-0.3, -0.25) is 0 Å². The summed E-state index contributed by atoms with van der Waals surface area (Å²) < 4.78 is 6.74. The zero-order chi connectivity index (χ0) is 17.6. The summed E-state index contributed by atoms with van der Waals surface area (Å²) >= 11 is 0. The van der Waals surface area contributed by atoms with Gasteiger partial charge in [-0.15, -0.1) is 0 Å². The second-order valence-electron chi connectivity index (χ2n) is 7.24. The highest BCUT2D eigenvalue weighted by molar-refractivity contribution is 6.99. The Morgan fingerprint density at radius 2 is 1.42 bits per heavy atom. The molecule has 2 aromatic carbocycles. The summed E-state index contributed by atoms with van der Waals surface area (Å²) in [6.45, 7) is 8.78. The summed E-state index contributed by atoms with van der Waals surface area (Å²) in [4.78, 5) is 11.7. The van der Waals surface area contributed by atoms with Crippen molar-refractivity contribution in [3.63, 3.8) is 0 Å². The molecular formula is C21H28O2Si. The van der Waals surface area contributed by atoms with E-state index in [2.05, 4.69) is 76.2 Å². The van der Waals surface area contributed by atoms with Crippen molar-refractivity contribution in [3.8, 4) is 0 Å². The Morgan fingerprint density at radius 1 is 0.958 bits per heavy atom. The first-order valence-electron chi connectivity index (χ1n) is 8.70. The summed E-state index contributed by atoms with van der Waals surface area (Å²) in [5.74, 6) is 0. The Morgan fingerprint density at radius 3 is 1.75 bits per heavy atom. The van der Waals surface area contributed by atoms with Gasteiger partial charge in [0.25, 0.3) is 8.32 Å². The molecule has 0 fully saturated rings. The van der Waals surface area contributed by atoms with Crippen LogP contribution in [-0.2, 0) is 9.22 Å². The second-order valence-corrected chi connectivity index (χ2v) is 11.5. The van der Waals surface area contributed by atoms with Gasteiger partial charge < -0.3 is 9.22 Å². The molecule has 0 saturated heterocycles. The molecule has 0 amide bonds. The van der Waals surface area contributed by atoms with E-state index in [1.165, 1.54) is 10.4 Å². The topological polar surface area (TPSA) is 26.3 Å².